The van der Waals surface area contributed by atoms with Gasteiger partial charge in [0.1, 0.15) is 0 Å². The molecule has 0 spiro atoms. The van der Waals surface area contributed by atoms with Crippen molar-refractivity contribution in [3.05, 3.63) is 16.4 Å². The molecular weight excluding hydrogens is 276 g/mol. The van der Waals surface area contributed by atoms with Crippen molar-refractivity contribution in [3.63, 3.8) is 0 Å². The molecule has 0 unspecified atom stereocenters. The Balaban J connectivity index is 3.35. The minimum atomic E-state index is 0.115. The first-order valence-corrected chi connectivity index (χ1v) is 4.87. The lowest BCUT2D eigenvalue weighted by Gasteiger charge is -1.72. The molecule has 0 aliphatic carbocycles. The molecule has 0 aromatic carbocycles. The summed E-state index contributed by atoms with van der Waals surface area (Å²) in [5.74, 6) is 0. The van der Waals surface area contributed by atoms with Crippen molar-refractivity contribution in [2.75, 3.05) is 0 Å². The van der Waals surface area contributed by atoms with Gasteiger partial charge in [-0.25, -0.2) is 0 Å². The maximum absolute atomic E-state index is 10.5. The number of rotatable bonds is 0. The first-order chi connectivity index (χ1) is 3.70. The smallest absolute Gasteiger partial charge is 0.265 e. The van der Waals surface area contributed by atoms with Crippen LogP contribution < -0.4 is 4.06 Å². The maximum Gasteiger partial charge on any atom is 0.289 e. The minimum absolute atomic E-state index is 0.115. The van der Waals surface area contributed by atoms with E-state index in [4.69, 9.17) is 0 Å². The van der Waals surface area contributed by atoms with Crippen molar-refractivity contribution < 1.29 is 0 Å². The van der Waals surface area contributed by atoms with Gasteiger partial charge in [-0.3, -0.25) is 4.79 Å². The van der Waals surface area contributed by atoms with Crippen LogP contribution in [0.3, 0.4) is 0 Å². The zero-order valence-corrected chi connectivity index (χ0v) is 8.29. The molecule has 0 fully saturated rings. The first kappa shape index (κ1) is 6.92. The van der Waals surface area contributed by atoms with Crippen LogP contribution >= 0.6 is 54.5 Å². The lowest BCUT2D eigenvalue weighted by molar-refractivity contribution is 2.07. The Hall–Kier alpha value is 0.810. The normalized spacial score (nSPS) is 9.75. The van der Waals surface area contributed by atoms with Gasteiger partial charge in [0.25, 0.3) is 4.06 Å². The fourth-order valence-corrected chi connectivity index (χ4v) is 3.63. The first-order valence-electron chi connectivity index (χ1n) is 1.65. The molecule has 0 saturated heterocycles. The molecule has 1 nitrogen and oxygen atoms in total. The van der Waals surface area contributed by atoms with Crippen molar-refractivity contribution in [2.24, 2.45) is 0 Å². The summed E-state index contributed by atoms with van der Waals surface area (Å²) in [6, 6.07) is 0. The van der Waals surface area contributed by atoms with Crippen molar-refractivity contribution in [2.45, 2.75) is 0 Å². The Kier molecular flexibility index (Phi) is 2.25. The average molecular weight is 276 g/mol. The zero-order valence-electron chi connectivity index (χ0n) is 3.48. The summed E-state index contributed by atoms with van der Waals surface area (Å²) >= 11 is 8.80. The van der Waals surface area contributed by atoms with Crippen LogP contribution in [0.4, 0.5) is 0 Å². The van der Waals surface area contributed by atoms with Gasteiger partial charge in [0, 0.05) is 0 Å². The molecule has 44 valence electrons. The van der Waals surface area contributed by atoms with E-state index in [1.807, 2.05) is 0 Å². The monoisotopic (exact) mass is 274 g/mol. The highest BCUT2D eigenvalue weighted by molar-refractivity contribution is 9.14. The SMILES string of the molecule is O=c1sc(Br)c(Br)s1. The second kappa shape index (κ2) is 2.60. The van der Waals surface area contributed by atoms with E-state index in [-0.39, 0.29) is 4.06 Å². The fraction of sp³-hybridized carbons (Fsp3) is 0. The summed E-state index contributed by atoms with van der Waals surface area (Å²) in [4.78, 5) is 10.5. The molecule has 1 aromatic rings. The van der Waals surface area contributed by atoms with E-state index in [1.54, 1.807) is 0 Å². The van der Waals surface area contributed by atoms with Gasteiger partial charge in [0.2, 0.25) is 0 Å². The lowest BCUT2D eigenvalue weighted by atomic mass is 11.1. The Morgan fingerprint density at radius 3 is 1.62 bits per heavy atom. The molecule has 0 aliphatic heterocycles. The van der Waals surface area contributed by atoms with Crippen molar-refractivity contribution >= 4 is 54.5 Å². The standard InChI is InChI=1S/C3Br2OS2/c4-1-2(5)8-3(6)7-1. The van der Waals surface area contributed by atoms with Gasteiger partial charge in [-0.15, -0.1) is 0 Å². The Bertz CT molecular complexity index is 215. The summed E-state index contributed by atoms with van der Waals surface area (Å²) in [6.45, 7) is 0. The molecule has 0 saturated carbocycles. The van der Waals surface area contributed by atoms with Crippen LogP contribution in [-0.4, -0.2) is 0 Å². The fourth-order valence-electron chi connectivity index (χ4n) is 0.247. The van der Waals surface area contributed by atoms with E-state index in [1.165, 1.54) is 22.7 Å². The van der Waals surface area contributed by atoms with E-state index >= 15 is 0 Å². The quantitative estimate of drug-likeness (QED) is 0.712. The van der Waals surface area contributed by atoms with Gasteiger partial charge >= 0.3 is 0 Å². The molecule has 1 heterocycles. The topological polar surface area (TPSA) is 17.1 Å². The second-order valence-electron chi connectivity index (χ2n) is 1.00. The van der Waals surface area contributed by atoms with Crippen molar-refractivity contribution in [3.8, 4) is 0 Å². The van der Waals surface area contributed by atoms with E-state index < -0.39 is 0 Å². The molecule has 0 N–H and O–H groups in total. The molecular formula is C3Br2OS2. The summed E-state index contributed by atoms with van der Waals surface area (Å²) in [5.41, 5.74) is 0. The van der Waals surface area contributed by atoms with Crippen molar-refractivity contribution in [1.29, 1.82) is 0 Å². The Morgan fingerprint density at radius 1 is 1.12 bits per heavy atom. The lowest BCUT2D eigenvalue weighted by Crippen LogP contribution is -1.73. The molecule has 1 rings (SSSR count). The van der Waals surface area contributed by atoms with Crippen LogP contribution in [0.2, 0.25) is 0 Å². The highest BCUT2D eigenvalue weighted by Gasteiger charge is 1.99. The molecule has 0 aliphatic rings. The average Bonchev–Trinajstić information content (AvgIpc) is 1.85. The van der Waals surface area contributed by atoms with Gasteiger partial charge in [0.05, 0.1) is 7.57 Å². The molecule has 8 heavy (non-hydrogen) atoms. The minimum Gasteiger partial charge on any atom is -0.265 e. The number of hydrogen-bond acceptors (Lipinski definition) is 3. The van der Waals surface area contributed by atoms with Crippen LogP contribution in [0, 0.1) is 0 Å². The van der Waals surface area contributed by atoms with Crippen LogP contribution in [0.25, 0.3) is 0 Å². The summed E-state index contributed by atoms with van der Waals surface area (Å²) < 4.78 is 1.88. The van der Waals surface area contributed by atoms with E-state index in [0.717, 1.165) is 7.57 Å². The molecule has 5 heteroatoms. The van der Waals surface area contributed by atoms with Gasteiger partial charge in [-0.1, -0.05) is 22.7 Å². The second-order valence-corrected chi connectivity index (χ2v) is 5.86. The van der Waals surface area contributed by atoms with E-state index in [9.17, 15) is 4.79 Å². The van der Waals surface area contributed by atoms with Gasteiger partial charge < -0.3 is 0 Å². The molecule has 0 radical (unpaired) electrons. The highest BCUT2D eigenvalue weighted by Crippen LogP contribution is 2.28. The van der Waals surface area contributed by atoms with Crippen molar-refractivity contribution in [1.82, 2.24) is 0 Å². The third kappa shape index (κ3) is 1.40. The predicted molar refractivity (Wildman–Crippen MR) is 43.9 cm³/mol. The number of hydrogen-bond donors (Lipinski definition) is 0. The third-order valence-electron chi connectivity index (χ3n) is 0.500. The summed E-state index contributed by atoms with van der Waals surface area (Å²) in [6.07, 6.45) is 0. The molecule has 0 bridgehead atoms. The van der Waals surface area contributed by atoms with E-state index in [0.29, 0.717) is 0 Å². The van der Waals surface area contributed by atoms with Gasteiger partial charge in [-0.2, -0.15) is 0 Å². The summed E-state index contributed by atoms with van der Waals surface area (Å²) in [5, 5.41) is 0. The zero-order chi connectivity index (χ0) is 6.15. The Labute approximate surface area is 70.6 Å². The van der Waals surface area contributed by atoms with Crippen LogP contribution in [0.1, 0.15) is 0 Å². The predicted octanol–water partition coefficient (Wildman–Crippen LogP) is 2.69. The van der Waals surface area contributed by atoms with Gasteiger partial charge in [0.15, 0.2) is 0 Å². The van der Waals surface area contributed by atoms with E-state index in [2.05, 4.69) is 31.9 Å². The largest absolute Gasteiger partial charge is 0.289 e. The summed E-state index contributed by atoms with van der Waals surface area (Å²) in [7, 11) is 0. The maximum atomic E-state index is 10.5. The third-order valence-corrected chi connectivity index (χ3v) is 5.05. The van der Waals surface area contributed by atoms with Crippen LogP contribution in [0.5, 0.6) is 0 Å². The molecule has 1 aromatic heterocycles. The molecule has 0 atom stereocenters. The highest BCUT2D eigenvalue weighted by atomic mass is 79.9. The Morgan fingerprint density at radius 2 is 1.50 bits per heavy atom. The molecule has 0 amide bonds. The van der Waals surface area contributed by atoms with Gasteiger partial charge in [-0.05, 0) is 31.9 Å². The number of halogens is 2. The van der Waals surface area contributed by atoms with Crippen LogP contribution in [0.15, 0.2) is 12.4 Å². The van der Waals surface area contributed by atoms with Crippen LogP contribution in [-0.2, 0) is 0 Å².